The number of hydrogen-bond acceptors (Lipinski definition) is 1. The number of carbonyl (C=O) groups is 1. The zero-order chi connectivity index (χ0) is 10.3. The minimum absolute atomic E-state index is 0.102. The molecule has 0 heterocycles. The predicted octanol–water partition coefficient (Wildman–Crippen LogP) is 3.72. The predicted molar refractivity (Wildman–Crippen MR) is 58.7 cm³/mol. The molecule has 14 heavy (non-hydrogen) atoms. The van der Waals surface area contributed by atoms with Gasteiger partial charge in [-0.3, -0.25) is 4.79 Å². The zero-order valence-electron chi connectivity index (χ0n) is 8.23. The van der Waals surface area contributed by atoms with Gasteiger partial charge in [0.15, 0.2) is 5.78 Å². The molecule has 0 fully saturated rings. The fourth-order valence-corrected chi connectivity index (χ4v) is 2.24. The molecular weight excluding hydrogens is 196 g/mol. The van der Waals surface area contributed by atoms with Crippen LogP contribution in [0.4, 0.5) is 0 Å². The highest BCUT2D eigenvalue weighted by atomic mass is 35.5. The number of hydrogen-bond donors (Lipinski definition) is 0. The van der Waals surface area contributed by atoms with Crippen LogP contribution in [0.25, 0.3) is 5.57 Å². The molecule has 0 atom stereocenters. The largest absolute Gasteiger partial charge is 0.289 e. The average Bonchev–Trinajstić information content (AvgIpc) is 2.41. The highest BCUT2D eigenvalue weighted by Gasteiger charge is 2.27. The van der Waals surface area contributed by atoms with E-state index in [1.807, 2.05) is 26.0 Å². The summed E-state index contributed by atoms with van der Waals surface area (Å²) in [5.41, 5.74) is 3.66. The lowest BCUT2D eigenvalue weighted by molar-refractivity contribution is 0.103. The Kier molecular flexibility index (Phi) is 2.20. The van der Waals surface area contributed by atoms with Crippen molar-refractivity contribution in [2.75, 3.05) is 0 Å². The first kappa shape index (κ1) is 9.47. The minimum Gasteiger partial charge on any atom is -0.289 e. The third-order valence-corrected chi connectivity index (χ3v) is 3.04. The third kappa shape index (κ3) is 1.12. The molecule has 0 saturated heterocycles. The summed E-state index contributed by atoms with van der Waals surface area (Å²) in [4.78, 5) is 11.9. The Hall–Kier alpha value is -1.08. The van der Waals surface area contributed by atoms with Crippen LogP contribution in [0.3, 0.4) is 0 Å². The van der Waals surface area contributed by atoms with Crippen LogP contribution in [0.15, 0.2) is 23.8 Å². The molecule has 0 spiro atoms. The summed E-state index contributed by atoms with van der Waals surface area (Å²) in [5, 5.41) is 0.565. The van der Waals surface area contributed by atoms with E-state index in [-0.39, 0.29) is 5.78 Å². The minimum atomic E-state index is 0.102. The van der Waals surface area contributed by atoms with E-state index in [1.165, 1.54) is 0 Å². The van der Waals surface area contributed by atoms with Crippen molar-refractivity contribution in [1.82, 2.24) is 0 Å². The van der Waals surface area contributed by atoms with Gasteiger partial charge in [0.1, 0.15) is 0 Å². The van der Waals surface area contributed by atoms with Crippen molar-refractivity contribution >= 4 is 23.0 Å². The summed E-state index contributed by atoms with van der Waals surface area (Å²) in [6.45, 7) is 3.98. The Morgan fingerprint density at radius 1 is 1.36 bits per heavy atom. The Morgan fingerprint density at radius 3 is 2.64 bits per heavy atom. The smallest absolute Gasteiger partial charge is 0.191 e. The van der Waals surface area contributed by atoms with E-state index >= 15 is 0 Å². The average molecular weight is 207 g/mol. The molecule has 0 saturated carbocycles. The summed E-state index contributed by atoms with van der Waals surface area (Å²) >= 11 is 6.00. The Morgan fingerprint density at radius 2 is 2.07 bits per heavy atom. The van der Waals surface area contributed by atoms with Gasteiger partial charge in [0, 0.05) is 11.1 Å². The van der Waals surface area contributed by atoms with Gasteiger partial charge < -0.3 is 0 Å². The maximum absolute atomic E-state index is 11.9. The molecule has 1 aliphatic carbocycles. The molecule has 0 aromatic heterocycles. The Labute approximate surface area is 88.4 Å². The first-order valence-corrected chi connectivity index (χ1v) is 5.08. The van der Waals surface area contributed by atoms with Gasteiger partial charge in [-0.05, 0) is 30.5 Å². The molecule has 0 radical (unpaired) electrons. The van der Waals surface area contributed by atoms with Crippen molar-refractivity contribution in [1.29, 1.82) is 0 Å². The molecule has 1 aromatic carbocycles. The molecule has 0 N–H and O–H groups in total. The van der Waals surface area contributed by atoms with Crippen LogP contribution in [0.1, 0.15) is 36.2 Å². The van der Waals surface area contributed by atoms with E-state index in [9.17, 15) is 4.79 Å². The lowest BCUT2D eigenvalue weighted by Gasteiger charge is -2.00. The molecule has 0 bridgehead atoms. The third-order valence-electron chi connectivity index (χ3n) is 2.72. The van der Waals surface area contributed by atoms with E-state index in [2.05, 4.69) is 0 Å². The maximum Gasteiger partial charge on any atom is 0.191 e. The number of benzene rings is 1. The lowest BCUT2D eigenvalue weighted by Crippen LogP contribution is -1.98. The number of allylic oxidation sites excluding steroid dienone is 2. The van der Waals surface area contributed by atoms with E-state index in [0.717, 1.165) is 23.1 Å². The van der Waals surface area contributed by atoms with Crippen molar-refractivity contribution in [3.63, 3.8) is 0 Å². The quantitative estimate of drug-likeness (QED) is 0.685. The lowest BCUT2D eigenvalue weighted by atomic mass is 10.1. The molecule has 0 amide bonds. The van der Waals surface area contributed by atoms with Crippen molar-refractivity contribution < 1.29 is 4.79 Å². The van der Waals surface area contributed by atoms with Gasteiger partial charge in [-0.25, -0.2) is 0 Å². The second-order valence-electron chi connectivity index (χ2n) is 3.45. The number of fused-ring (bicyclic) bond motifs is 1. The van der Waals surface area contributed by atoms with Crippen LogP contribution in [-0.4, -0.2) is 5.78 Å². The van der Waals surface area contributed by atoms with Gasteiger partial charge in [0.05, 0.1) is 5.02 Å². The summed E-state index contributed by atoms with van der Waals surface area (Å²) in [7, 11) is 0. The van der Waals surface area contributed by atoms with Crippen LogP contribution in [-0.2, 0) is 0 Å². The number of halogens is 1. The van der Waals surface area contributed by atoms with Gasteiger partial charge in [0.2, 0.25) is 0 Å². The highest BCUT2D eigenvalue weighted by molar-refractivity contribution is 6.37. The molecule has 0 aliphatic heterocycles. The molecule has 2 heteroatoms. The van der Waals surface area contributed by atoms with E-state index in [0.29, 0.717) is 10.6 Å². The van der Waals surface area contributed by atoms with Crippen molar-refractivity contribution in [2.45, 2.75) is 20.3 Å². The zero-order valence-corrected chi connectivity index (χ0v) is 8.98. The van der Waals surface area contributed by atoms with Gasteiger partial charge in [0.25, 0.3) is 0 Å². The molecule has 0 unspecified atom stereocenters. The normalized spacial score (nSPS) is 14.9. The van der Waals surface area contributed by atoms with Gasteiger partial charge in [-0.15, -0.1) is 0 Å². The monoisotopic (exact) mass is 206 g/mol. The summed E-state index contributed by atoms with van der Waals surface area (Å²) in [6, 6.07) is 5.61. The van der Waals surface area contributed by atoms with Crippen LogP contribution in [0.2, 0.25) is 5.02 Å². The van der Waals surface area contributed by atoms with Crippen molar-refractivity contribution in [3.8, 4) is 0 Å². The second kappa shape index (κ2) is 3.25. The van der Waals surface area contributed by atoms with Gasteiger partial charge >= 0.3 is 0 Å². The molecular formula is C12H11ClO. The van der Waals surface area contributed by atoms with Gasteiger partial charge in [-0.2, -0.15) is 0 Å². The SMILES string of the molecule is CCC1=C(C)c2cccc(Cl)c2C1=O. The number of Topliss-reactive ketones (excluding diaryl/α,β-unsaturated/α-hetero) is 1. The second-order valence-corrected chi connectivity index (χ2v) is 3.86. The van der Waals surface area contributed by atoms with Crippen molar-refractivity contribution in [3.05, 3.63) is 39.9 Å². The summed E-state index contributed by atoms with van der Waals surface area (Å²) in [6.07, 6.45) is 0.773. The first-order chi connectivity index (χ1) is 6.66. The fraction of sp³-hybridized carbons (Fsp3) is 0.250. The van der Waals surface area contributed by atoms with E-state index in [4.69, 9.17) is 11.6 Å². The molecule has 1 aliphatic rings. The summed E-state index contributed by atoms with van der Waals surface area (Å²) < 4.78 is 0. The number of rotatable bonds is 1. The molecule has 72 valence electrons. The number of ketones is 1. The Bertz CT molecular complexity index is 444. The number of carbonyl (C=O) groups excluding carboxylic acids is 1. The standard InChI is InChI=1S/C12H11ClO/c1-3-8-7(2)9-5-4-6-10(13)11(9)12(8)14/h4-6H,3H2,1-2H3. The first-order valence-electron chi connectivity index (χ1n) is 4.70. The van der Waals surface area contributed by atoms with E-state index < -0.39 is 0 Å². The van der Waals surface area contributed by atoms with E-state index in [1.54, 1.807) is 6.07 Å². The molecule has 2 rings (SSSR count). The topological polar surface area (TPSA) is 17.1 Å². The Balaban J connectivity index is 2.70. The van der Waals surface area contributed by atoms with Gasteiger partial charge in [-0.1, -0.05) is 30.7 Å². The van der Waals surface area contributed by atoms with Crippen LogP contribution >= 0.6 is 11.6 Å². The molecule has 1 nitrogen and oxygen atoms in total. The highest BCUT2D eigenvalue weighted by Crippen LogP contribution is 2.37. The van der Waals surface area contributed by atoms with Crippen molar-refractivity contribution in [2.24, 2.45) is 0 Å². The van der Waals surface area contributed by atoms with Crippen LogP contribution < -0.4 is 0 Å². The molecule has 1 aromatic rings. The fourth-order valence-electron chi connectivity index (χ4n) is 1.98. The maximum atomic E-state index is 11.9. The summed E-state index contributed by atoms with van der Waals surface area (Å²) in [5.74, 6) is 0.102. The van der Waals surface area contributed by atoms with Crippen LogP contribution in [0, 0.1) is 0 Å². The van der Waals surface area contributed by atoms with Crippen LogP contribution in [0.5, 0.6) is 0 Å².